The van der Waals surface area contributed by atoms with Gasteiger partial charge in [-0.3, -0.25) is 9.88 Å². The van der Waals surface area contributed by atoms with E-state index in [0.29, 0.717) is 40.3 Å². The highest BCUT2D eigenvalue weighted by molar-refractivity contribution is 7.90. The molecule has 6 nitrogen and oxygen atoms in total. The van der Waals surface area contributed by atoms with E-state index in [1.54, 1.807) is 6.07 Å². The Morgan fingerprint density at radius 2 is 1.96 bits per heavy atom. The van der Waals surface area contributed by atoms with E-state index in [4.69, 9.17) is 32.7 Å². The zero-order chi connectivity index (χ0) is 19.9. The van der Waals surface area contributed by atoms with Crippen LogP contribution in [0.1, 0.15) is 30.0 Å². The highest BCUT2D eigenvalue weighted by Gasteiger charge is 2.28. The maximum absolute atomic E-state index is 12.2. The first-order valence-corrected chi connectivity index (χ1v) is 11.6. The molecule has 1 aromatic carbocycles. The van der Waals surface area contributed by atoms with Gasteiger partial charge >= 0.3 is 0 Å². The lowest BCUT2D eigenvalue weighted by Gasteiger charge is -2.33. The maximum Gasteiger partial charge on any atom is 0.231 e. The van der Waals surface area contributed by atoms with E-state index in [-0.39, 0.29) is 17.6 Å². The van der Waals surface area contributed by atoms with E-state index < -0.39 is 9.84 Å². The fraction of sp³-hybridized carbons (Fsp3) is 0.421. The van der Waals surface area contributed by atoms with E-state index in [0.717, 1.165) is 24.9 Å². The molecule has 0 N–H and O–H groups in total. The number of ether oxygens (including phenoxy) is 2. The quantitative estimate of drug-likeness (QED) is 0.714. The number of rotatable bonds is 4. The lowest BCUT2D eigenvalue weighted by atomic mass is 9.94. The van der Waals surface area contributed by atoms with Gasteiger partial charge in [-0.2, -0.15) is 0 Å². The third kappa shape index (κ3) is 4.08. The number of sulfone groups is 1. The van der Waals surface area contributed by atoms with Crippen molar-refractivity contribution in [2.75, 3.05) is 26.1 Å². The van der Waals surface area contributed by atoms with Crippen molar-refractivity contribution in [3.63, 3.8) is 0 Å². The summed E-state index contributed by atoms with van der Waals surface area (Å²) < 4.78 is 35.2. The molecule has 3 heterocycles. The Hall–Kier alpha value is -1.54. The van der Waals surface area contributed by atoms with Crippen LogP contribution in [0.15, 0.2) is 29.3 Å². The molecule has 150 valence electrons. The number of fused-ring (bicyclic) bond motifs is 1. The zero-order valence-corrected chi connectivity index (χ0v) is 17.6. The number of pyridine rings is 1. The standard InChI is InChI=1S/C19H20Cl2N2O4S/c1-28(24,25)18-6-14(20)8-22-19(18)12-3-2-4-23(9-12)10-13-5-16-17(7-15(13)21)27-11-26-16/h5-8,12H,2-4,9-11H2,1H3. The van der Waals surface area contributed by atoms with Gasteiger partial charge in [-0.15, -0.1) is 0 Å². The van der Waals surface area contributed by atoms with E-state index in [2.05, 4.69) is 9.88 Å². The number of benzene rings is 1. The molecule has 0 saturated carbocycles. The van der Waals surface area contributed by atoms with E-state index in [1.807, 2.05) is 6.07 Å². The zero-order valence-electron chi connectivity index (χ0n) is 15.3. The van der Waals surface area contributed by atoms with E-state index in [1.165, 1.54) is 18.5 Å². The maximum atomic E-state index is 12.2. The SMILES string of the molecule is CS(=O)(=O)c1cc(Cl)cnc1C1CCCN(Cc2cc3c(cc2Cl)OCO3)C1. The van der Waals surface area contributed by atoms with Gasteiger partial charge in [-0.05, 0) is 37.1 Å². The molecule has 1 unspecified atom stereocenters. The monoisotopic (exact) mass is 442 g/mol. The second-order valence-corrected chi connectivity index (χ2v) is 10.0. The Bertz CT molecular complexity index is 1010. The van der Waals surface area contributed by atoms with Crippen LogP contribution in [-0.2, 0) is 16.4 Å². The van der Waals surface area contributed by atoms with Crippen LogP contribution in [0.2, 0.25) is 10.0 Å². The summed E-state index contributed by atoms with van der Waals surface area (Å²) in [6.45, 7) is 2.45. The predicted molar refractivity (Wildman–Crippen MR) is 107 cm³/mol. The van der Waals surface area contributed by atoms with Crippen molar-refractivity contribution in [1.29, 1.82) is 0 Å². The first-order valence-electron chi connectivity index (χ1n) is 8.97. The van der Waals surface area contributed by atoms with Crippen molar-refractivity contribution < 1.29 is 17.9 Å². The number of nitrogens with zero attached hydrogens (tertiary/aromatic N) is 2. The normalized spacial score (nSPS) is 19.8. The molecular weight excluding hydrogens is 423 g/mol. The molecular formula is C19H20Cl2N2O4S. The van der Waals surface area contributed by atoms with Crippen molar-refractivity contribution >= 4 is 33.0 Å². The van der Waals surface area contributed by atoms with Crippen molar-refractivity contribution in [3.8, 4) is 11.5 Å². The molecule has 2 aromatic rings. The molecule has 0 bridgehead atoms. The molecule has 0 aliphatic carbocycles. The molecule has 1 saturated heterocycles. The summed E-state index contributed by atoms with van der Waals surface area (Å²) in [6.07, 6.45) is 4.53. The van der Waals surface area contributed by atoms with Crippen molar-refractivity contribution in [2.45, 2.75) is 30.2 Å². The van der Waals surface area contributed by atoms with Crippen LogP contribution in [-0.4, -0.2) is 44.4 Å². The average Bonchev–Trinajstić information content (AvgIpc) is 3.08. The van der Waals surface area contributed by atoms with E-state index in [9.17, 15) is 8.42 Å². The van der Waals surface area contributed by atoms with Gasteiger partial charge in [0.05, 0.1) is 15.6 Å². The summed E-state index contributed by atoms with van der Waals surface area (Å²) in [5, 5.41) is 0.955. The Labute approximate surface area is 174 Å². The average molecular weight is 443 g/mol. The third-order valence-electron chi connectivity index (χ3n) is 5.08. The Kier molecular flexibility index (Phi) is 5.44. The van der Waals surface area contributed by atoms with Gasteiger partial charge in [-0.25, -0.2) is 8.42 Å². The number of hydrogen-bond acceptors (Lipinski definition) is 6. The van der Waals surface area contributed by atoms with Crippen LogP contribution in [0, 0.1) is 0 Å². The van der Waals surface area contributed by atoms with Crippen molar-refractivity contribution in [1.82, 2.24) is 9.88 Å². The number of hydrogen-bond donors (Lipinski definition) is 0. The second kappa shape index (κ2) is 7.71. The summed E-state index contributed by atoms with van der Waals surface area (Å²) >= 11 is 12.4. The van der Waals surface area contributed by atoms with Gasteiger partial charge in [0.2, 0.25) is 6.79 Å². The van der Waals surface area contributed by atoms with Crippen LogP contribution in [0.3, 0.4) is 0 Å². The molecule has 28 heavy (non-hydrogen) atoms. The molecule has 9 heteroatoms. The van der Waals surface area contributed by atoms with Gasteiger partial charge in [0.25, 0.3) is 0 Å². The summed E-state index contributed by atoms with van der Waals surface area (Å²) in [4.78, 5) is 6.85. The van der Waals surface area contributed by atoms with Gasteiger partial charge in [0, 0.05) is 42.5 Å². The van der Waals surface area contributed by atoms with Gasteiger partial charge in [0.15, 0.2) is 21.3 Å². The number of likely N-dealkylation sites (tertiary alicyclic amines) is 1. The third-order valence-corrected chi connectivity index (χ3v) is 6.76. The lowest BCUT2D eigenvalue weighted by molar-refractivity contribution is 0.173. The fourth-order valence-corrected chi connectivity index (χ4v) is 5.15. The number of aromatic nitrogens is 1. The molecule has 0 amide bonds. The van der Waals surface area contributed by atoms with Crippen LogP contribution < -0.4 is 9.47 Å². The van der Waals surface area contributed by atoms with Crippen LogP contribution >= 0.6 is 23.2 Å². The van der Waals surface area contributed by atoms with E-state index >= 15 is 0 Å². The first-order chi connectivity index (χ1) is 13.3. The summed E-state index contributed by atoms with van der Waals surface area (Å²) in [5.74, 6) is 1.38. The molecule has 1 fully saturated rings. The van der Waals surface area contributed by atoms with Crippen molar-refractivity contribution in [3.05, 3.63) is 45.7 Å². The molecule has 2 aliphatic heterocycles. The molecule has 0 spiro atoms. The van der Waals surface area contributed by atoms with Crippen molar-refractivity contribution in [2.24, 2.45) is 0 Å². The molecule has 1 aromatic heterocycles. The van der Waals surface area contributed by atoms with Crippen LogP contribution in [0.5, 0.6) is 11.5 Å². The van der Waals surface area contributed by atoms with Crippen LogP contribution in [0.4, 0.5) is 0 Å². The van der Waals surface area contributed by atoms with Gasteiger partial charge in [-0.1, -0.05) is 23.2 Å². The Morgan fingerprint density at radius 1 is 1.21 bits per heavy atom. The molecule has 0 radical (unpaired) electrons. The predicted octanol–water partition coefficient (Wildman–Crippen LogP) is 3.90. The Morgan fingerprint density at radius 3 is 2.71 bits per heavy atom. The number of halogens is 2. The highest BCUT2D eigenvalue weighted by Crippen LogP contribution is 2.38. The summed E-state index contributed by atoms with van der Waals surface area (Å²) in [5.41, 5.74) is 1.55. The largest absolute Gasteiger partial charge is 0.454 e. The number of piperidine rings is 1. The minimum Gasteiger partial charge on any atom is -0.454 e. The molecule has 4 rings (SSSR count). The smallest absolute Gasteiger partial charge is 0.231 e. The topological polar surface area (TPSA) is 68.7 Å². The molecule has 1 atom stereocenters. The van der Waals surface area contributed by atoms with Gasteiger partial charge in [0.1, 0.15) is 0 Å². The lowest BCUT2D eigenvalue weighted by Crippen LogP contribution is -2.34. The minimum atomic E-state index is -3.41. The highest BCUT2D eigenvalue weighted by atomic mass is 35.5. The first kappa shape index (κ1) is 19.8. The minimum absolute atomic E-state index is 0.0172. The second-order valence-electron chi connectivity index (χ2n) is 7.18. The fourth-order valence-electron chi connectivity index (χ4n) is 3.78. The van der Waals surface area contributed by atoms with Gasteiger partial charge < -0.3 is 9.47 Å². The molecule has 2 aliphatic rings. The summed E-state index contributed by atoms with van der Waals surface area (Å²) in [6, 6.07) is 5.19. The van der Waals surface area contributed by atoms with Crippen LogP contribution in [0.25, 0.3) is 0 Å². The summed E-state index contributed by atoms with van der Waals surface area (Å²) in [7, 11) is -3.41. The Balaban J connectivity index is 1.56.